The maximum Gasteiger partial charge on any atom is 0.339 e. The fourth-order valence-electron chi connectivity index (χ4n) is 1.21. The highest BCUT2D eigenvalue weighted by Crippen LogP contribution is 2.35. The molecular formula is C11H8F6O2. The van der Waals surface area contributed by atoms with Crippen molar-refractivity contribution in [2.75, 3.05) is 0 Å². The quantitative estimate of drug-likeness (QED) is 0.612. The maximum atomic E-state index is 12.5. The first kappa shape index (κ1) is 15.3. The lowest BCUT2D eigenvalue weighted by molar-refractivity contribution is -0.235. The number of hydrogen-bond donors (Lipinski definition) is 0. The van der Waals surface area contributed by atoms with Crippen molar-refractivity contribution in [2.24, 2.45) is 0 Å². The summed E-state index contributed by atoms with van der Waals surface area (Å²) in [5.74, 6) is -1.67. The predicted molar refractivity (Wildman–Crippen MR) is 52.6 cm³/mol. The van der Waals surface area contributed by atoms with E-state index >= 15 is 0 Å². The van der Waals surface area contributed by atoms with E-state index in [2.05, 4.69) is 4.74 Å². The van der Waals surface area contributed by atoms with Crippen molar-refractivity contribution >= 4 is 5.97 Å². The first-order valence-corrected chi connectivity index (χ1v) is 4.95. The molecule has 0 unspecified atom stereocenters. The molecule has 0 aliphatic heterocycles. The van der Waals surface area contributed by atoms with Gasteiger partial charge in [0.15, 0.2) is 0 Å². The van der Waals surface area contributed by atoms with Gasteiger partial charge in [-0.2, -0.15) is 0 Å². The largest absolute Gasteiger partial charge is 0.437 e. The number of halogens is 6. The third kappa shape index (κ3) is 2.99. The van der Waals surface area contributed by atoms with Crippen LogP contribution in [0, 0.1) is 0 Å². The second-order valence-corrected chi connectivity index (χ2v) is 3.51. The Balaban J connectivity index is 3.05. The van der Waals surface area contributed by atoms with Crippen molar-refractivity contribution in [3.63, 3.8) is 0 Å². The van der Waals surface area contributed by atoms with Crippen LogP contribution >= 0.6 is 0 Å². The fraction of sp³-hybridized carbons (Fsp3) is 0.364. The average Bonchev–Trinajstić information content (AvgIpc) is 2.35. The third-order valence-corrected chi connectivity index (χ3v) is 2.30. The van der Waals surface area contributed by atoms with Crippen LogP contribution in [-0.2, 0) is 4.74 Å². The molecule has 1 aromatic rings. The van der Waals surface area contributed by atoms with E-state index < -0.39 is 30.8 Å². The van der Waals surface area contributed by atoms with Crippen molar-refractivity contribution in [1.82, 2.24) is 0 Å². The van der Waals surface area contributed by atoms with Gasteiger partial charge in [0.1, 0.15) is 0 Å². The number of hydrogen-bond acceptors (Lipinski definition) is 2. The van der Waals surface area contributed by atoms with E-state index in [0.717, 1.165) is 12.1 Å². The molecule has 0 aromatic heterocycles. The van der Waals surface area contributed by atoms with Crippen molar-refractivity contribution in [2.45, 2.75) is 24.9 Å². The molecule has 0 bridgehead atoms. The number of carbonyl (C=O) groups excluding carboxylic acids is 1. The van der Waals surface area contributed by atoms with Crippen LogP contribution in [0.4, 0.5) is 26.3 Å². The van der Waals surface area contributed by atoms with Crippen LogP contribution in [0.15, 0.2) is 30.3 Å². The molecule has 0 saturated heterocycles. The van der Waals surface area contributed by atoms with Crippen LogP contribution in [0.25, 0.3) is 0 Å². The second-order valence-electron chi connectivity index (χ2n) is 3.51. The summed E-state index contributed by atoms with van der Waals surface area (Å²) in [6, 6.07) is 6.18. The number of esters is 1. The van der Waals surface area contributed by atoms with Gasteiger partial charge in [-0.15, -0.1) is 0 Å². The van der Waals surface area contributed by atoms with E-state index in [1.165, 1.54) is 18.2 Å². The summed E-state index contributed by atoms with van der Waals surface area (Å²) in [5, 5.41) is 0. The van der Waals surface area contributed by atoms with Crippen molar-refractivity contribution in [3.05, 3.63) is 35.9 Å². The average molecular weight is 286 g/mol. The molecule has 0 saturated carbocycles. The summed E-state index contributed by atoms with van der Waals surface area (Å²) in [5.41, 5.74) is -4.80. The van der Waals surface area contributed by atoms with Gasteiger partial charge < -0.3 is 4.74 Å². The molecule has 0 spiro atoms. The number of benzene rings is 1. The predicted octanol–water partition coefficient (Wildman–Crippen LogP) is 3.38. The highest BCUT2D eigenvalue weighted by molar-refractivity contribution is 5.89. The lowest BCUT2D eigenvalue weighted by Gasteiger charge is -2.30. The van der Waals surface area contributed by atoms with Crippen molar-refractivity contribution in [3.8, 4) is 0 Å². The Hall–Kier alpha value is -1.73. The zero-order valence-electron chi connectivity index (χ0n) is 9.20. The standard InChI is InChI=1S/C11H8F6O2/c12-8(13)11(9(14)15,10(16)17)19-7(18)6-4-2-1-3-5-6/h1-5,8-10H. The Morgan fingerprint density at radius 1 is 0.895 bits per heavy atom. The first-order chi connectivity index (χ1) is 8.82. The Bertz CT molecular complexity index is 399. The summed E-state index contributed by atoms with van der Waals surface area (Å²) in [6.45, 7) is 0. The Kier molecular flexibility index (Phi) is 4.79. The van der Waals surface area contributed by atoms with Crippen LogP contribution in [0.3, 0.4) is 0 Å². The van der Waals surface area contributed by atoms with E-state index in [0.29, 0.717) is 0 Å². The minimum absolute atomic E-state index is 0.381. The summed E-state index contributed by atoms with van der Waals surface area (Å²) in [6.07, 6.45) is -12.7. The summed E-state index contributed by atoms with van der Waals surface area (Å²) < 4.78 is 78.7. The summed E-state index contributed by atoms with van der Waals surface area (Å²) in [7, 11) is 0. The van der Waals surface area contributed by atoms with E-state index in [-0.39, 0.29) is 5.56 Å². The highest BCUT2D eigenvalue weighted by atomic mass is 19.3. The van der Waals surface area contributed by atoms with Gasteiger partial charge in [0.05, 0.1) is 5.56 Å². The number of rotatable bonds is 5. The zero-order chi connectivity index (χ0) is 14.6. The van der Waals surface area contributed by atoms with E-state index in [9.17, 15) is 31.1 Å². The molecule has 0 heterocycles. The van der Waals surface area contributed by atoms with E-state index in [4.69, 9.17) is 0 Å². The van der Waals surface area contributed by atoms with Gasteiger partial charge in [-0.1, -0.05) is 18.2 Å². The van der Waals surface area contributed by atoms with Gasteiger partial charge >= 0.3 is 5.97 Å². The van der Waals surface area contributed by atoms with Crippen LogP contribution in [0.1, 0.15) is 10.4 Å². The number of ether oxygens (including phenoxy) is 1. The first-order valence-electron chi connectivity index (χ1n) is 4.95. The van der Waals surface area contributed by atoms with E-state index in [1.54, 1.807) is 0 Å². The maximum absolute atomic E-state index is 12.5. The minimum atomic E-state index is -4.42. The van der Waals surface area contributed by atoms with Gasteiger partial charge in [-0.05, 0) is 12.1 Å². The van der Waals surface area contributed by atoms with Gasteiger partial charge in [0, 0.05) is 0 Å². The monoisotopic (exact) mass is 286 g/mol. The smallest absolute Gasteiger partial charge is 0.339 e. The highest BCUT2D eigenvalue weighted by Gasteiger charge is 2.60. The van der Waals surface area contributed by atoms with Crippen LogP contribution in [-0.4, -0.2) is 30.8 Å². The SMILES string of the molecule is O=C(OC(C(F)F)(C(F)F)C(F)F)c1ccccc1. The molecule has 0 aliphatic rings. The Morgan fingerprint density at radius 2 is 1.32 bits per heavy atom. The van der Waals surface area contributed by atoms with E-state index in [1.807, 2.05) is 0 Å². The second kappa shape index (κ2) is 5.94. The van der Waals surface area contributed by atoms with Gasteiger partial charge in [0.25, 0.3) is 24.9 Å². The fourth-order valence-corrected chi connectivity index (χ4v) is 1.21. The Labute approximate surface area is 104 Å². The minimum Gasteiger partial charge on any atom is -0.437 e. The summed E-state index contributed by atoms with van der Waals surface area (Å²) in [4.78, 5) is 11.4. The molecule has 0 radical (unpaired) electrons. The third-order valence-electron chi connectivity index (χ3n) is 2.30. The normalized spacial score (nSPS) is 12.3. The Morgan fingerprint density at radius 3 is 1.68 bits per heavy atom. The molecule has 0 aliphatic carbocycles. The van der Waals surface area contributed by atoms with Crippen molar-refractivity contribution in [1.29, 1.82) is 0 Å². The molecule has 0 amide bonds. The lowest BCUT2D eigenvalue weighted by atomic mass is 10.1. The molecule has 0 fully saturated rings. The van der Waals surface area contributed by atoms with Gasteiger partial charge in [-0.3, -0.25) is 0 Å². The molecule has 19 heavy (non-hydrogen) atoms. The van der Waals surface area contributed by atoms with Crippen LogP contribution in [0.5, 0.6) is 0 Å². The summed E-state index contributed by atoms with van der Waals surface area (Å²) >= 11 is 0. The molecule has 1 aromatic carbocycles. The molecule has 0 atom stereocenters. The molecule has 8 heteroatoms. The molecule has 1 rings (SSSR count). The molecule has 2 nitrogen and oxygen atoms in total. The van der Waals surface area contributed by atoms with Crippen LogP contribution < -0.4 is 0 Å². The zero-order valence-corrected chi connectivity index (χ0v) is 9.20. The number of alkyl halides is 6. The molecule has 0 N–H and O–H groups in total. The number of carbonyl (C=O) groups is 1. The lowest BCUT2D eigenvalue weighted by Crippen LogP contribution is -2.54. The van der Waals surface area contributed by atoms with Crippen molar-refractivity contribution < 1.29 is 35.9 Å². The van der Waals surface area contributed by atoms with Gasteiger partial charge in [0.2, 0.25) is 0 Å². The van der Waals surface area contributed by atoms with Gasteiger partial charge in [-0.25, -0.2) is 31.1 Å². The molecular weight excluding hydrogens is 278 g/mol. The topological polar surface area (TPSA) is 26.3 Å². The van der Waals surface area contributed by atoms with Crippen LogP contribution in [0.2, 0.25) is 0 Å². The molecule has 106 valence electrons.